The van der Waals surface area contributed by atoms with Crippen LogP contribution in [0.25, 0.3) is 6.08 Å². The van der Waals surface area contributed by atoms with E-state index in [9.17, 15) is 9.59 Å². The number of hydrogen-bond acceptors (Lipinski definition) is 8. The van der Waals surface area contributed by atoms with E-state index in [0.717, 1.165) is 16.7 Å². The fourth-order valence-corrected chi connectivity index (χ4v) is 4.77. The van der Waals surface area contributed by atoms with Crippen molar-refractivity contribution in [2.45, 2.75) is 19.4 Å². The van der Waals surface area contributed by atoms with Crippen molar-refractivity contribution in [2.24, 2.45) is 0 Å². The molecule has 41 heavy (non-hydrogen) atoms. The van der Waals surface area contributed by atoms with Crippen molar-refractivity contribution in [1.82, 2.24) is 4.90 Å². The lowest BCUT2D eigenvalue weighted by Crippen LogP contribution is -2.41. The van der Waals surface area contributed by atoms with Gasteiger partial charge in [-0.1, -0.05) is 6.07 Å². The van der Waals surface area contributed by atoms with Crippen LogP contribution in [0, 0.1) is 0 Å². The second-order valence-electron chi connectivity index (χ2n) is 9.21. The molecule has 0 saturated carbocycles. The summed E-state index contributed by atoms with van der Waals surface area (Å²) >= 11 is 0. The van der Waals surface area contributed by atoms with Crippen molar-refractivity contribution in [2.75, 3.05) is 48.2 Å². The van der Waals surface area contributed by atoms with Gasteiger partial charge < -0.3 is 33.3 Å². The molecule has 0 saturated heterocycles. The summed E-state index contributed by atoms with van der Waals surface area (Å²) in [7, 11) is 6.33. The molecule has 3 aromatic carbocycles. The van der Waals surface area contributed by atoms with Crippen LogP contribution in [0.4, 0.5) is 0 Å². The fourth-order valence-electron chi connectivity index (χ4n) is 4.77. The number of hydrogen-bond donors (Lipinski definition) is 0. The summed E-state index contributed by atoms with van der Waals surface area (Å²) in [5, 5.41) is 0. The van der Waals surface area contributed by atoms with E-state index in [-0.39, 0.29) is 18.5 Å². The molecule has 3 aromatic rings. The van der Waals surface area contributed by atoms with E-state index in [0.29, 0.717) is 53.9 Å². The van der Waals surface area contributed by atoms with Crippen molar-refractivity contribution in [3.8, 4) is 28.7 Å². The Balaban J connectivity index is 1.60. The van der Waals surface area contributed by atoms with Crippen LogP contribution in [-0.4, -0.2) is 65.0 Å². The zero-order valence-electron chi connectivity index (χ0n) is 24.0. The quantitative estimate of drug-likeness (QED) is 0.235. The van der Waals surface area contributed by atoms with E-state index < -0.39 is 6.04 Å². The van der Waals surface area contributed by atoms with Crippen molar-refractivity contribution >= 4 is 18.0 Å². The van der Waals surface area contributed by atoms with Crippen LogP contribution in [-0.2, 0) is 16.0 Å². The number of nitrogens with zero attached hydrogens (tertiary/aromatic N) is 1. The smallest absolute Gasteiger partial charge is 0.338 e. The molecule has 0 bridgehead atoms. The Hall–Kier alpha value is -4.66. The van der Waals surface area contributed by atoms with Crippen LogP contribution >= 0.6 is 0 Å². The van der Waals surface area contributed by atoms with Gasteiger partial charge in [-0.15, -0.1) is 0 Å². The number of rotatable bonds is 11. The number of esters is 1. The minimum atomic E-state index is -0.397. The lowest BCUT2D eigenvalue weighted by atomic mass is 9.92. The molecule has 1 aliphatic rings. The van der Waals surface area contributed by atoms with E-state index in [2.05, 4.69) is 0 Å². The molecular weight excluding hydrogens is 526 g/mol. The molecule has 0 radical (unpaired) electrons. The molecule has 4 rings (SSSR count). The van der Waals surface area contributed by atoms with Gasteiger partial charge in [0.05, 0.1) is 46.7 Å². The highest BCUT2D eigenvalue weighted by molar-refractivity contribution is 5.92. The average molecular weight is 562 g/mol. The predicted molar refractivity (Wildman–Crippen MR) is 154 cm³/mol. The lowest BCUT2D eigenvalue weighted by molar-refractivity contribution is -0.129. The van der Waals surface area contributed by atoms with Gasteiger partial charge in [-0.3, -0.25) is 4.79 Å². The van der Waals surface area contributed by atoms with Crippen molar-refractivity contribution < 1.29 is 38.0 Å². The third-order valence-corrected chi connectivity index (χ3v) is 6.89. The van der Waals surface area contributed by atoms with Gasteiger partial charge in [0, 0.05) is 12.6 Å². The van der Waals surface area contributed by atoms with Gasteiger partial charge in [-0.05, 0) is 84.6 Å². The SMILES string of the molecule is CCOC(=O)c1ccc(OCC2c3cc(OC)c(OC)cc3CCN2C(=O)C=Cc2ccc(OC)c(OC)c2)cc1. The van der Waals surface area contributed by atoms with Gasteiger partial charge >= 0.3 is 5.97 Å². The summed E-state index contributed by atoms with van der Waals surface area (Å²) < 4.78 is 33.0. The maximum atomic E-state index is 13.6. The average Bonchev–Trinajstić information content (AvgIpc) is 3.01. The van der Waals surface area contributed by atoms with E-state index in [1.165, 1.54) is 0 Å². The lowest BCUT2D eigenvalue weighted by Gasteiger charge is -2.37. The Morgan fingerprint density at radius 1 is 0.854 bits per heavy atom. The molecule has 0 N–H and O–H groups in total. The molecule has 216 valence electrons. The standard InChI is InChI=1S/C32H35NO8/c1-6-40-32(35)22-9-11-24(12-10-22)41-20-26-25-19-30(39-5)29(38-4)18-23(25)15-16-33(26)31(34)14-8-21-7-13-27(36-2)28(17-21)37-3/h7-14,17-19,26H,6,15-16,20H2,1-5H3. The first-order chi connectivity index (χ1) is 19.9. The highest BCUT2D eigenvalue weighted by Crippen LogP contribution is 2.38. The van der Waals surface area contributed by atoms with Crippen LogP contribution in [0.1, 0.15) is 40.0 Å². The minimum absolute atomic E-state index is 0.161. The first-order valence-corrected chi connectivity index (χ1v) is 13.3. The first-order valence-electron chi connectivity index (χ1n) is 13.3. The summed E-state index contributed by atoms with van der Waals surface area (Å²) in [6.07, 6.45) is 3.95. The molecule has 0 spiro atoms. The molecule has 9 heteroatoms. The topological polar surface area (TPSA) is 92.8 Å². The van der Waals surface area contributed by atoms with Crippen LogP contribution in [0.5, 0.6) is 28.7 Å². The van der Waals surface area contributed by atoms with Gasteiger partial charge in [0.1, 0.15) is 12.4 Å². The van der Waals surface area contributed by atoms with Gasteiger partial charge in [0.2, 0.25) is 5.91 Å². The minimum Gasteiger partial charge on any atom is -0.493 e. The van der Waals surface area contributed by atoms with Gasteiger partial charge in [0.15, 0.2) is 23.0 Å². The van der Waals surface area contributed by atoms with Crippen LogP contribution in [0.3, 0.4) is 0 Å². The fraction of sp³-hybridized carbons (Fsp3) is 0.312. The van der Waals surface area contributed by atoms with Crippen molar-refractivity contribution in [3.05, 3.63) is 82.9 Å². The maximum absolute atomic E-state index is 13.6. The third-order valence-electron chi connectivity index (χ3n) is 6.89. The largest absolute Gasteiger partial charge is 0.493 e. The Labute approximate surface area is 240 Å². The molecule has 1 unspecified atom stereocenters. The monoisotopic (exact) mass is 561 g/mol. The number of fused-ring (bicyclic) bond motifs is 1. The van der Waals surface area contributed by atoms with Gasteiger partial charge in [-0.25, -0.2) is 4.79 Å². The maximum Gasteiger partial charge on any atom is 0.338 e. The Morgan fingerprint density at radius 2 is 1.51 bits per heavy atom. The number of carbonyl (C=O) groups is 2. The first kappa shape index (κ1) is 29.3. The van der Waals surface area contributed by atoms with Gasteiger partial charge in [-0.2, -0.15) is 0 Å². The zero-order chi connectivity index (χ0) is 29.4. The number of ether oxygens (including phenoxy) is 6. The molecule has 0 fully saturated rings. The normalized spacial score (nSPS) is 14.3. The van der Waals surface area contributed by atoms with Crippen molar-refractivity contribution in [1.29, 1.82) is 0 Å². The summed E-state index contributed by atoms with van der Waals surface area (Å²) in [5.41, 5.74) is 3.22. The van der Waals surface area contributed by atoms with E-state index in [1.807, 2.05) is 24.3 Å². The number of amides is 1. The Morgan fingerprint density at radius 3 is 2.17 bits per heavy atom. The zero-order valence-corrected chi connectivity index (χ0v) is 24.0. The highest BCUT2D eigenvalue weighted by Gasteiger charge is 2.32. The number of benzene rings is 3. The van der Waals surface area contributed by atoms with E-state index in [4.69, 9.17) is 28.4 Å². The molecule has 1 atom stereocenters. The summed E-state index contributed by atoms with van der Waals surface area (Å²) in [6.45, 7) is 2.75. The number of methoxy groups -OCH3 is 4. The molecule has 1 heterocycles. The Bertz CT molecular complexity index is 1400. The summed E-state index contributed by atoms with van der Waals surface area (Å²) in [5.74, 6) is 2.42. The molecule has 9 nitrogen and oxygen atoms in total. The van der Waals surface area contributed by atoms with E-state index in [1.54, 1.807) is 82.7 Å². The molecule has 0 aromatic heterocycles. The second kappa shape index (κ2) is 13.6. The number of carbonyl (C=O) groups excluding carboxylic acids is 2. The third kappa shape index (κ3) is 6.74. The molecule has 1 aliphatic heterocycles. The molecular formula is C32H35NO8. The Kier molecular flexibility index (Phi) is 9.73. The van der Waals surface area contributed by atoms with Gasteiger partial charge in [0.25, 0.3) is 0 Å². The highest BCUT2D eigenvalue weighted by atomic mass is 16.5. The van der Waals surface area contributed by atoms with Crippen molar-refractivity contribution in [3.63, 3.8) is 0 Å². The van der Waals surface area contributed by atoms with Crippen LogP contribution < -0.4 is 23.7 Å². The molecule has 1 amide bonds. The summed E-state index contributed by atoms with van der Waals surface area (Å²) in [6, 6.07) is 15.7. The summed E-state index contributed by atoms with van der Waals surface area (Å²) in [4.78, 5) is 27.4. The molecule has 0 aliphatic carbocycles. The van der Waals surface area contributed by atoms with E-state index >= 15 is 0 Å². The van der Waals surface area contributed by atoms with Crippen LogP contribution in [0.15, 0.2) is 60.7 Å². The second-order valence-corrected chi connectivity index (χ2v) is 9.21. The predicted octanol–water partition coefficient (Wildman–Crippen LogP) is 5.12. The van der Waals surface area contributed by atoms with Crippen LogP contribution in [0.2, 0.25) is 0 Å².